The molecular formula is C31H40N2O2. The minimum Gasteiger partial charge on any atom is -0.508 e. The first-order chi connectivity index (χ1) is 17.0. The molecule has 4 nitrogen and oxygen atoms in total. The number of phenols is 2. The number of hydrogen-bond acceptors (Lipinski definition) is 4. The molecule has 0 aromatic heterocycles. The Morgan fingerprint density at radius 1 is 0.886 bits per heavy atom. The van der Waals surface area contributed by atoms with Crippen LogP contribution in [0, 0.1) is 5.92 Å². The average Bonchev–Trinajstić information content (AvgIpc) is 2.86. The zero-order chi connectivity index (χ0) is 24.6. The normalized spacial score (nSPS) is 21.6. The monoisotopic (exact) mass is 472 g/mol. The SMILES string of the molecule is CC1[C@H](C)[C@H](c2cccc(O)c2)CCN1C[C@H](Cc1ccccc1)NCCCc1ccc(O)cc1. The number of rotatable bonds is 10. The second kappa shape index (κ2) is 12.2. The standard InChI is InChI=1S/C31H40N2O2/c1-23-24(2)33(19-17-31(23)27-11-6-12-30(35)21-27)22-28(20-26-8-4-3-5-9-26)32-18-7-10-25-13-15-29(34)16-14-25/h3-6,8-9,11-16,21,23-24,28,31-32,34-35H,7,10,17-20,22H2,1-2H3/t23-,24?,28-,31+/m0/s1. The minimum absolute atomic E-state index is 0.325. The van der Waals surface area contributed by atoms with Crippen molar-refractivity contribution in [2.75, 3.05) is 19.6 Å². The summed E-state index contributed by atoms with van der Waals surface area (Å²) in [6.45, 7) is 7.81. The van der Waals surface area contributed by atoms with E-state index in [4.69, 9.17) is 0 Å². The van der Waals surface area contributed by atoms with Crippen LogP contribution in [-0.4, -0.2) is 46.8 Å². The third-order valence-electron chi connectivity index (χ3n) is 7.79. The fourth-order valence-corrected chi connectivity index (χ4v) is 5.57. The number of phenolic OH excluding ortho intramolecular Hbond substituents is 2. The first-order valence-corrected chi connectivity index (χ1v) is 13.1. The van der Waals surface area contributed by atoms with Crippen LogP contribution in [0.1, 0.15) is 49.3 Å². The lowest BCUT2D eigenvalue weighted by atomic mass is 9.77. The van der Waals surface area contributed by atoms with E-state index < -0.39 is 0 Å². The van der Waals surface area contributed by atoms with Gasteiger partial charge >= 0.3 is 0 Å². The van der Waals surface area contributed by atoms with Crippen LogP contribution in [0.2, 0.25) is 0 Å². The Morgan fingerprint density at radius 2 is 1.66 bits per heavy atom. The quantitative estimate of drug-likeness (QED) is 0.329. The molecule has 35 heavy (non-hydrogen) atoms. The van der Waals surface area contributed by atoms with E-state index in [0.717, 1.165) is 45.3 Å². The summed E-state index contributed by atoms with van der Waals surface area (Å²) in [7, 11) is 0. The number of nitrogens with one attached hydrogen (secondary N) is 1. The molecule has 0 saturated carbocycles. The maximum atomic E-state index is 9.96. The zero-order valence-corrected chi connectivity index (χ0v) is 21.1. The Bertz CT molecular complexity index is 1040. The molecule has 0 spiro atoms. The first-order valence-electron chi connectivity index (χ1n) is 13.1. The van der Waals surface area contributed by atoms with E-state index in [-0.39, 0.29) is 0 Å². The van der Waals surface area contributed by atoms with Crippen LogP contribution in [-0.2, 0) is 12.8 Å². The van der Waals surface area contributed by atoms with Gasteiger partial charge < -0.3 is 15.5 Å². The number of likely N-dealkylation sites (tertiary alicyclic amines) is 1. The molecule has 4 rings (SSSR count). The van der Waals surface area contributed by atoms with Crippen LogP contribution < -0.4 is 5.32 Å². The van der Waals surface area contributed by atoms with Crippen molar-refractivity contribution in [3.05, 3.63) is 95.6 Å². The van der Waals surface area contributed by atoms with Crippen molar-refractivity contribution in [3.8, 4) is 11.5 Å². The molecule has 1 heterocycles. The molecule has 3 aromatic rings. The van der Waals surface area contributed by atoms with Gasteiger partial charge in [-0.1, -0.05) is 61.5 Å². The maximum Gasteiger partial charge on any atom is 0.115 e. The van der Waals surface area contributed by atoms with Gasteiger partial charge in [0.1, 0.15) is 11.5 Å². The van der Waals surface area contributed by atoms with E-state index in [1.807, 2.05) is 24.3 Å². The smallest absolute Gasteiger partial charge is 0.115 e. The summed E-state index contributed by atoms with van der Waals surface area (Å²) < 4.78 is 0. The van der Waals surface area contributed by atoms with Gasteiger partial charge in [0.2, 0.25) is 0 Å². The van der Waals surface area contributed by atoms with Gasteiger partial charge in [0.15, 0.2) is 0 Å². The van der Waals surface area contributed by atoms with Gasteiger partial charge in [0.25, 0.3) is 0 Å². The van der Waals surface area contributed by atoms with Gasteiger partial charge in [-0.05, 0) is 98.5 Å². The number of nitrogens with zero attached hydrogens (tertiary/aromatic N) is 1. The van der Waals surface area contributed by atoms with E-state index in [1.165, 1.54) is 16.7 Å². The van der Waals surface area contributed by atoms with Crippen LogP contribution in [0.4, 0.5) is 0 Å². The molecular weight excluding hydrogens is 432 g/mol. The zero-order valence-electron chi connectivity index (χ0n) is 21.1. The summed E-state index contributed by atoms with van der Waals surface area (Å²) in [6, 6.07) is 27.1. The molecule has 3 N–H and O–H groups in total. The van der Waals surface area contributed by atoms with E-state index >= 15 is 0 Å². The molecule has 186 valence electrons. The van der Waals surface area contributed by atoms with Crippen LogP contribution in [0.3, 0.4) is 0 Å². The summed E-state index contributed by atoms with van der Waals surface area (Å²) in [5.41, 5.74) is 3.90. The number of aryl methyl sites for hydroxylation is 1. The molecule has 4 atom stereocenters. The summed E-state index contributed by atoms with van der Waals surface area (Å²) in [5.74, 6) is 1.70. The van der Waals surface area contributed by atoms with E-state index in [9.17, 15) is 10.2 Å². The Hall–Kier alpha value is -2.82. The third-order valence-corrected chi connectivity index (χ3v) is 7.79. The second-order valence-electron chi connectivity index (χ2n) is 10.2. The average molecular weight is 473 g/mol. The van der Waals surface area contributed by atoms with Crippen LogP contribution >= 0.6 is 0 Å². The summed E-state index contributed by atoms with van der Waals surface area (Å²) in [4.78, 5) is 2.66. The highest BCUT2D eigenvalue weighted by Gasteiger charge is 2.34. The summed E-state index contributed by atoms with van der Waals surface area (Å²) in [5, 5.41) is 23.3. The van der Waals surface area contributed by atoms with E-state index in [2.05, 4.69) is 60.5 Å². The lowest BCUT2D eigenvalue weighted by Gasteiger charge is -2.44. The molecule has 0 bridgehead atoms. The van der Waals surface area contributed by atoms with Crippen molar-refractivity contribution >= 4 is 0 Å². The Balaban J connectivity index is 1.36. The fraction of sp³-hybridized carbons (Fsp3) is 0.419. The Labute approximate surface area is 210 Å². The number of piperidine rings is 1. The molecule has 1 aliphatic heterocycles. The van der Waals surface area contributed by atoms with Crippen molar-refractivity contribution < 1.29 is 10.2 Å². The van der Waals surface area contributed by atoms with Gasteiger partial charge in [-0.25, -0.2) is 0 Å². The fourth-order valence-electron chi connectivity index (χ4n) is 5.57. The van der Waals surface area contributed by atoms with Gasteiger partial charge in [-0.15, -0.1) is 0 Å². The molecule has 1 aliphatic rings. The van der Waals surface area contributed by atoms with Crippen molar-refractivity contribution in [2.45, 2.75) is 57.5 Å². The van der Waals surface area contributed by atoms with Crippen LogP contribution in [0.15, 0.2) is 78.9 Å². The molecule has 1 unspecified atom stereocenters. The molecule has 1 fully saturated rings. The second-order valence-corrected chi connectivity index (χ2v) is 10.2. The first kappa shape index (κ1) is 25.3. The van der Waals surface area contributed by atoms with Crippen molar-refractivity contribution in [3.63, 3.8) is 0 Å². The van der Waals surface area contributed by atoms with E-state index in [1.54, 1.807) is 18.2 Å². The highest BCUT2D eigenvalue weighted by atomic mass is 16.3. The summed E-state index contributed by atoms with van der Waals surface area (Å²) in [6.07, 6.45) is 4.22. The highest BCUT2D eigenvalue weighted by molar-refractivity contribution is 5.31. The highest BCUT2D eigenvalue weighted by Crippen LogP contribution is 2.37. The molecule has 0 aliphatic carbocycles. The van der Waals surface area contributed by atoms with Gasteiger partial charge in [-0.2, -0.15) is 0 Å². The molecule has 3 aromatic carbocycles. The van der Waals surface area contributed by atoms with Gasteiger partial charge in [0.05, 0.1) is 0 Å². The van der Waals surface area contributed by atoms with Gasteiger partial charge in [-0.3, -0.25) is 4.90 Å². The maximum absolute atomic E-state index is 9.96. The van der Waals surface area contributed by atoms with Crippen molar-refractivity contribution in [2.24, 2.45) is 5.92 Å². The predicted molar refractivity (Wildman–Crippen MR) is 144 cm³/mol. The molecule has 1 saturated heterocycles. The molecule has 0 amide bonds. The Morgan fingerprint density at radius 3 is 2.40 bits per heavy atom. The predicted octanol–water partition coefficient (Wildman–Crippen LogP) is 5.75. The molecule has 4 heteroatoms. The van der Waals surface area contributed by atoms with Gasteiger partial charge in [0, 0.05) is 18.6 Å². The molecule has 0 radical (unpaired) electrons. The van der Waals surface area contributed by atoms with Crippen LogP contribution in [0.25, 0.3) is 0 Å². The Kier molecular flexibility index (Phi) is 8.84. The van der Waals surface area contributed by atoms with Crippen LogP contribution in [0.5, 0.6) is 11.5 Å². The number of hydrogen-bond donors (Lipinski definition) is 3. The topological polar surface area (TPSA) is 55.7 Å². The largest absolute Gasteiger partial charge is 0.508 e. The third kappa shape index (κ3) is 7.09. The number of aromatic hydroxyl groups is 2. The lowest BCUT2D eigenvalue weighted by molar-refractivity contribution is 0.0855. The lowest BCUT2D eigenvalue weighted by Crippen LogP contribution is -2.51. The number of benzene rings is 3. The summed E-state index contributed by atoms with van der Waals surface area (Å²) >= 11 is 0. The minimum atomic E-state index is 0.325. The van der Waals surface area contributed by atoms with E-state index in [0.29, 0.717) is 35.4 Å². The van der Waals surface area contributed by atoms with Crippen molar-refractivity contribution in [1.29, 1.82) is 0 Å². The van der Waals surface area contributed by atoms with Crippen molar-refractivity contribution in [1.82, 2.24) is 10.2 Å².